The zero-order valence-electron chi connectivity index (χ0n) is 51.7. The second-order valence-corrected chi connectivity index (χ2v) is 18.6. The molecule has 86 heavy (non-hydrogen) atoms. The van der Waals surface area contributed by atoms with Crippen molar-refractivity contribution in [1.29, 1.82) is 0 Å². The monoisotopic (exact) mass is 1230 g/mol. The molecule has 0 spiro atoms. The molecule has 0 unspecified atom stereocenters. The zero-order chi connectivity index (χ0) is 63.1. The maximum absolute atomic E-state index is 14.0. The molecule has 27 heteroatoms. The van der Waals surface area contributed by atoms with Crippen LogP contribution in [-0.2, 0) is 76.0 Å². The highest BCUT2D eigenvalue weighted by Crippen LogP contribution is 2.24. The van der Waals surface area contributed by atoms with Gasteiger partial charge in [0.2, 0.25) is 23.6 Å². The highest BCUT2D eigenvalue weighted by atomic mass is 16.6. The molecule has 0 bridgehead atoms. The van der Waals surface area contributed by atoms with Crippen LogP contribution in [0.25, 0.3) is 0 Å². The summed E-state index contributed by atoms with van der Waals surface area (Å²) < 4.78 is 77.2. The van der Waals surface area contributed by atoms with Crippen LogP contribution < -0.4 is 15.0 Å². The molecule has 0 aliphatic rings. The summed E-state index contributed by atoms with van der Waals surface area (Å²) >= 11 is 0. The van der Waals surface area contributed by atoms with Gasteiger partial charge in [0.05, 0.1) is 158 Å². The molecule has 0 radical (unpaired) electrons. The van der Waals surface area contributed by atoms with Crippen LogP contribution in [0.15, 0.2) is 68.8 Å². The molecule has 0 saturated carbocycles. The Morgan fingerprint density at radius 3 is 0.849 bits per heavy atom. The molecule has 0 saturated heterocycles. The molecule has 27 nitrogen and oxygen atoms in total. The van der Waals surface area contributed by atoms with E-state index >= 15 is 0 Å². The van der Waals surface area contributed by atoms with Crippen molar-refractivity contribution in [3.8, 4) is 11.5 Å². The Bertz CT molecular complexity index is 1760. The number of carbonyl (C=O) groups is 5. The van der Waals surface area contributed by atoms with Crippen molar-refractivity contribution in [3.63, 3.8) is 0 Å². The fraction of sp³-hybridized carbons (Fsp3) is 0.678. The predicted molar refractivity (Wildman–Crippen MR) is 321 cm³/mol. The average molecular weight is 1230 g/mol. The average Bonchev–Trinajstić information content (AvgIpc) is 3.52. The van der Waals surface area contributed by atoms with E-state index in [1.165, 1.54) is 18.2 Å². The first-order valence-corrected chi connectivity index (χ1v) is 28.9. The summed E-state index contributed by atoms with van der Waals surface area (Å²) in [6.07, 6.45) is 6.42. The van der Waals surface area contributed by atoms with Crippen LogP contribution in [0.1, 0.15) is 10.4 Å². The maximum atomic E-state index is 14.0. The van der Waals surface area contributed by atoms with Crippen molar-refractivity contribution in [2.75, 3.05) is 265 Å². The fourth-order valence-corrected chi connectivity index (χ4v) is 7.56. The van der Waals surface area contributed by atoms with Gasteiger partial charge in [0.15, 0.2) is 0 Å². The van der Waals surface area contributed by atoms with Gasteiger partial charge in [-0.15, -0.1) is 26.3 Å². The lowest BCUT2D eigenvalue weighted by Crippen LogP contribution is -2.47. The van der Waals surface area contributed by atoms with Crippen LogP contribution in [0.4, 0.5) is 0 Å². The highest BCUT2D eigenvalue weighted by Gasteiger charge is 2.24. The Balaban J connectivity index is 3.40. The van der Waals surface area contributed by atoms with Gasteiger partial charge in [-0.1, -0.05) is 24.3 Å². The lowest BCUT2D eigenvalue weighted by molar-refractivity contribution is -0.137. The third kappa shape index (κ3) is 40.1. The topological polar surface area (TPSA) is 266 Å². The number of amides is 5. The van der Waals surface area contributed by atoms with Gasteiger partial charge in [0.1, 0.15) is 24.7 Å². The van der Waals surface area contributed by atoms with Crippen molar-refractivity contribution >= 4 is 29.5 Å². The van der Waals surface area contributed by atoms with Gasteiger partial charge in [-0.25, -0.2) is 5.48 Å². The van der Waals surface area contributed by atoms with Gasteiger partial charge < -0.3 is 85.9 Å². The minimum Gasteiger partial charge on any atom is -0.492 e. The Hall–Kier alpha value is -5.47. The summed E-state index contributed by atoms with van der Waals surface area (Å²) in [5.74, 6) is -1.74. The number of carbonyl (C=O) groups excluding carboxylic acids is 5. The minimum absolute atomic E-state index is 0.0234. The molecular formula is C59H101N7O20. The Morgan fingerprint density at radius 1 is 0.372 bits per heavy atom. The van der Waals surface area contributed by atoms with Crippen LogP contribution in [0.2, 0.25) is 0 Å². The van der Waals surface area contributed by atoms with Crippen molar-refractivity contribution in [1.82, 2.24) is 34.9 Å². The Morgan fingerprint density at radius 2 is 0.616 bits per heavy atom. The molecule has 492 valence electrons. The number of benzene rings is 1. The van der Waals surface area contributed by atoms with Crippen molar-refractivity contribution in [2.24, 2.45) is 0 Å². The van der Waals surface area contributed by atoms with E-state index in [0.717, 1.165) is 0 Å². The number of nitrogens with one attached hydrogen (secondary N) is 1. The van der Waals surface area contributed by atoms with Crippen LogP contribution in [0.5, 0.6) is 11.5 Å². The van der Waals surface area contributed by atoms with Gasteiger partial charge in [-0.2, -0.15) is 0 Å². The third-order valence-corrected chi connectivity index (χ3v) is 12.1. The number of rotatable bonds is 61. The Labute approximate surface area is 509 Å². The molecule has 0 atom stereocenters. The molecule has 0 heterocycles. The highest BCUT2D eigenvalue weighted by molar-refractivity contribution is 5.94. The van der Waals surface area contributed by atoms with E-state index in [2.05, 4.69) is 26.3 Å². The van der Waals surface area contributed by atoms with Gasteiger partial charge in [-0.05, 0) is 12.1 Å². The molecule has 1 aromatic rings. The number of ether oxygens (including phenoxy) is 14. The molecule has 0 aliphatic carbocycles. The lowest BCUT2D eigenvalue weighted by Gasteiger charge is -2.29. The van der Waals surface area contributed by atoms with E-state index in [9.17, 15) is 29.2 Å². The molecule has 0 aliphatic heterocycles. The van der Waals surface area contributed by atoms with E-state index in [-0.39, 0.29) is 172 Å². The summed E-state index contributed by atoms with van der Waals surface area (Å²) in [6.45, 7) is 23.6. The van der Waals surface area contributed by atoms with Crippen molar-refractivity contribution in [3.05, 3.63) is 74.4 Å². The van der Waals surface area contributed by atoms with E-state index in [4.69, 9.17) is 66.3 Å². The van der Waals surface area contributed by atoms with Gasteiger partial charge in [-0.3, -0.25) is 39.0 Å². The molecule has 0 aromatic heterocycles. The second kappa shape index (κ2) is 54.9. The van der Waals surface area contributed by atoms with E-state index in [0.29, 0.717) is 106 Å². The summed E-state index contributed by atoms with van der Waals surface area (Å²) in [4.78, 5) is 78.4. The van der Waals surface area contributed by atoms with Crippen LogP contribution in [0, 0.1) is 0 Å². The number of nitrogens with zero attached hydrogens (tertiary/aromatic N) is 6. The number of hydroxylamine groups is 1. The van der Waals surface area contributed by atoms with Crippen molar-refractivity contribution in [2.45, 2.75) is 0 Å². The second-order valence-electron chi connectivity index (χ2n) is 18.6. The minimum atomic E-state index is -0.861. The molecule has 1 rings (SSSR count). The first-order chi connectivity index (χ1) is 41.9. The maximum Gasteiger partial charge on any atom is 0.274 e. The molecule has 2 N–H and O–H groups in total. The Kier molecular flexibility index (Phi) is 50.1. The summed E-state index contributed by atoms with van der Waals surface area (Å²) in [5, 5.41) is 9.68. The van der Waals surface area contributed by atoms with E-state index in [1.807, 2.05) is 0 Å². The van der Waals surface area contributed by atoms with E-state index in [1.54, 1.807) is 87.6 Å². The number of hydrogen-bond donors (Lipinski definition) is 2. The first-order valence-electron chi connectivity index (χ1n) is 28.9. The molecule has 5 amide bonds. The smallest absolute Gasteiger partial charge is 0.274 e. The van der Waals surface area contributed by atoms with E-state index < -0.39 is 5.91 Å². The predicted octanol–water partition coefficient (Wildman–Crippen LogP) is 0.944. The quantitative estimate of drug-likeness (QED) is 0.0398. The van der Waals surface area contributed by atoms with Gasteiger partial charge >= 0.3 is 0 Å². The summed E-state index contributed by atoms with van der Waals surface area (Å²) in [6, 6.07) is 4.32. The largest absolute Gasteiger partial charge is 0.492 e. The molecule has 1 aromatic carbocycles. The molecule has 0 fully saturated rings. The van der Waals surface area contributed by atoms with Gasteiger partial charge in [0, 0.05) is 106 Å². The first kappa shape index (κ1) is 78.5. The standard InChI is InChI=1S/C59H101N7O20/c1-9-13-63(19-23-77-37-41-81-33-29-73-5)55(67)48-61(49-56(68)64(14-10-2)20-24-78-38-42-82-34-30-74-6)17-27-85-53-45-52(59(71)60-72)46-54(47-53)86-28-18-62(50-57(69)65(15-11-3)21-25-79-39-43-83-35-31-75-7)51-58(70)66(16-12-4)22-26-80-40-44-84-36-32-76-8/h9-12,45-47,72H,1-4,13-44,48-51H2,5-8H3,(H,60,71). The fourth-order valence-electron chi connectivity index (χ4n) is 7.56. The van der Waals surface area contributed by atoms with Crippen molar-refractivity contribution < 1.29 is 95.5 Å². The third-order valence-electron chi connectivity index (χ3n) is 12.1. The SMILES string of the molecule is C=CCN(CCOCCOCCOC)C(=O)CN(CCOc1cc(OCCN(CC(=O)N(CC=C)CCOCCOCCOC)CC(=O)N(CC=C)CCOCCOCCOC)cc(C(=O)NO)c1)CC(=O)N(CC=C)CCOCCOCCOC. The molecular weight excluding hydrogens is 1130 g/mol. The lowest BCUT2D eigenvalue weighted by atomic mass is 10.2. The van der Waals surface area contributed by atoms with Crippen LogP contribution in [-0.4, -0.2) is 330 Å². The summed E-state index contributed by atoms with van der Waals surface area (Å²) in [7, 11) is 6.35. The number of hydrogen-bond acceptors (Lipinski definition) is 22. The number of methoxy groups -OCH3 is 4. The summed E-state index contributed by atoms with van der Waals surface area (Å²) in [5.41, 5.74) is 1.62. The van der Waals surface area contributed by atoms with Crippen LogP contribution in [0.3, 0.4) is 0 Å². The normalized spacial score (nSPS) is 11.2. The van der Waals surface area contributed by atoms with Crippen LogP contribution >= 0.6 is 0 Å². The zero-order valence-corrected chi connectivity index (χ0v) is 51.7. The van der Waals surface area contributed by atoms with Gasteiger partial charge in [0.25, 0.3) is 5.91 Å².